The van der Waals surface area contributed by atoms with Gasteiger partial charge in [-0.05, 0) is 55.3 Å². The molecule has 1 amide bonds. The molecule has 1 saturated carbocycles. The highest BCUT2D eigenvalue weighted by molar-refractivity contribution is 9.10. The Morgan fingerprint density at radius 1 is 1.18 bits per heavy atom. The minimum Gasteiger partial charge on any atom is -0.387 e. The van der Waals surface area contributed by atoms with Gasteiger partial charge in [0, 0.05) is 42.8 Å². The van der Waals surface area contributed by atoms with E-state index in [-0.39, 0.29) is 17.7 Å². The highest BCUT2D eigenvalue weighted by Gasteiger charge is 2.35. The molecule has 0 spiro atoms. The van der Waals surface area contributed by atoms with Gasteiger partial charge >= 0.3 is 0 Å². The van der Waals surface area contributed by atoms with E-state index in [1.807, 2.05) is 17.0 Å². The number of aromatic nitrogens is 2. The number of piperazine rings is 1. The van der Waals surface area contributed by atoms with Crippen molar-refractivity contribution in [1.82, 2.24) is 20.2 Å². The van der Waals surface area contributed by atoms with Gasteiger partial charge in [0.1, 0.15) is 12.1 Å². The molecule has 5 rings (SSSR count). The van der Waals surface area contributed by atoms with Gasteiger partial charge in [0.2, 0.25) is 5.91 Å². The van der Waals surface area contributed by atoms with Crippen molar-refractivity contribution in [1.29, 1.82) is 0 Å². The zero-order valence-electron chi connectivity index (χ0n) is 19.1. The van der Waals surface area contributed by atoms with Crippen LogP contribution in [-0.4, -0.2) is 65.2 Å². The van der Waals surface area contributed by atoms with Gasteiger partial charge < -0.3 is 20.2 Å². The molecule has 2 N–H and O–H groups in total. The van der Waals surface area contributed by atoms with Gasteiger partial charge in [0.05, 0.1) is 17.7 Å². The summed E-state index contributed by atoms with van der Waals surface area (Å²) >= 11 is 3.50. The molecule has 2 aromatic rings. The molecular formula is C25H32BrN5O2. The summed E-state index contributed by atoms with van der Waals surface area (Å²) in [5.74, 6) is 1.96. The molecule has 1 aliphatic heterocycles. The molecule has 7 nitrogen and oxygen atoms in total. The molecule has 0 radical (unpaired) electrons. The van der Waals surface area contributed by atoms with E-state index in [0.717, 1.165) is 52.7 Å². The van der Waals surface area contributed by atoms with Crippen LogP contribution < -0.4 is 10.2 Å². The fourth-order valence-corrected chi connectivity index (χ4v) is 5.37. The quantitative estimate of drug-likeness (QED) is 0.591. The first-order valence-corrected chi connectivity index (χ1v) is 12.8. The molecule has 1 aromatic carbocycles. The van der Waals surface area contributed by atoms with E-state index in [0.29, 0.717) is 26.1 Å². The van der Waals surface area contributed by atoms with Crippen LogP contribution in [0.3, 0.4) is 0 Å². The Morgan fingerprint density at radius 2 is 1.91 bits per heavy atom. The molecule has 0 bridgehead atoms. The van der Waals surface area contributed by atoms with Gasteiger partial charge in [-0.3, -0.25) is 4.79 Å². The second kappa shape index (κ2) is 9.68. The zero-order chi connectivity index (χ0) is 22.9. The lowest BCUT2D eigenvalue weighted by Gasteiger charge is -2.38. The van der Waals surface area contributed by atoms with E-state index >= 15 is 0 Å². The van der Waals surface area contributed by atoms with Gasteiger partial charge in [-0.2, -0.15) is 0 Å². The number of hydrogen-bond acceptors (Lipinski definition) is 6. The maximum Gasteiger partial charge on any atom is 0.231 e. The third kappa shape index (κ3) is 4.93. The Bertz CT molecular complexity index is 989. The van der Waals surface area contributed by atoms with E-state index in [9.17, 15) is 9.90 Å². The first-order chi connectivity index (χ1) is 16.0. The maximum absolute atomic E-state index is 13.6. The smallest absolute Gasteiger partial charge is 0.231 e. The lowest BCUT2D eigenvalue weighted by atomic mass is 9.97. The molecule has 2 heterocycles. The first kappa shape index (κ1) is 22.7. The van der Waals surface area contributed by atoms with Crippen molar-refractivity contribution in [3.8, 4) is 0 Å². The average molecular weight is 514 g/mol. The molecule has 1 aromatic heterocycles. The molecule has 3 atom stereocenters. The van der Waals surface area contributed by atoms with E-state index in [1.54, 1.807) is 6.33 Å². The van der Waals surface area contributed by atoms with Crippen molar-refractivity contribution >= 4 is 27.7 Å². The van der Waals surface area contributed by atoms with E-state index in [4.69, 9.17) is 0 Å². The largest absolute Gasteiger partial charge is 0.387 e. The number of fused-ring (bicyclic) bond motifs is 1. The molecular weight excluding hydrogens is 482 g/mol. The minimum absolute atomic E-state index is 0.179. The van der Waals surface area contributed by atoms with Gasteiger partial charge in [-0.1, -0.05) is 35.0 Å². The molecule has 2 fully saturated rings. The number of amides is 1. The van der Waals surface area contributed by atoms with Crippen LogP contribution in [0, 0.1) is 5.92 Å². The van der Waals surface area contributed by atoms with Crippen LogP contribution in [-0.2, 0) is 4.79 Å². The van der Waals surface area contributed by atoms with E-state index in [1.165, 1.54) is 12.8 Å². The monoisotopic (exact) mass is 513 g/mol. The number of aliphatic hydroxyl groups is 1. The van der Waals surface area contributed by atoms with Crippen LogP contribution in [0.5, 0.6) is 0 Å². The Labute approximate surface area is 203 Å². The predicted molar refractivity (Wildman–Crippen MR) is 131 cm³/mol. The molecule has 1 saturated heterocycles. The molecule has 8 heteroatoms. The summed E-state index contributed by atoms with van der Waals surface area (Å²) in [7, 11) is 0. The molecule has 2 aliphatic carbocycles. The fourth-order valence-electron chi connectivity index (χ4n) is 5.11. The molecule has 3 aliphatic rings. The van der Waals surface area contributed by atoms with Crippen molar-refractivity contribution in [3.05, 3.63) is 51.9 Å². The summed E-state index contributed by atoms with van der Waals surface area (Å²) in [6.07, 6.45) is 4.35. The van der Waals surface area contributed by atoms with Gasteiger partial charge in [0.25, 0.3) is 0 Å². The van der Waals surface area contributed by atoms with Crippen molar-refractivity contribution in [2.45, 2.75) is 44.1 Å². The Balaban J connectivity index is 1.27. The SMILES string of the molecule is C[C@@H]1C[C@@H](O)c2ncnc(N3CCN(C(=O)C(CNCC4CC4)c4ccc(Br)cc4)CC3)c21. The number of hydrogen-bond donors (Lipinski definition) is 2. The van der Waals surface area contributed by atoms with Gasteiger partial charge in [-0.15, -0.1) is 0 Å². The Morgan fingerprint density at radius 3 is 2.61 bits per heavy atom. The number of benzene rings is 1. The average Bonchev–Trinajstić information content (AvgIpc) is 3.61. The van der Waals surface area contributed by atoms with Crippen LogP contribution in [0.2, 0.25) is 0 Å². The number of nitrogens with zero attached hydrogens (tertiary/aromatic N) is 4. The first-order valence-electron chi connectivity index (χ1n) is 12.0. The highest BCUT2D eigenvalue weighted by Crippen LogP contribution is 2.42. The van der Waals surface area contributed by atoms with Crippen molar-refractivity contribution in [3.63, 3.8) is 0 Å². The number of rotatable bonds is 7. The van der Waals surface area contributed by atoms with Crippen LogP contribution >= 0.6 is 15.9 Å². The van der Waals surface area contributed by atoms with Crippen molar-refractivity contribution in [2.75, 3.05) is 44.2 Å². The van der Waals surface area contributed by atoms with Crippen molar-refractivity contribution in [2.24, 2.45) is 5.92 Å². The summed E-state index contributed by atoms with van der Waals surface area (Å²) in [4.78, 5) is 26.8. The summed E-state index contributed by atoms with van der Waals surface area (Å²) in [6, 6.07) is 8.14. The van der Waals surface area contributed by atoms with Gasteiger partial charge in [-0.25, -0.2) is 9.97 Å². The second-order valence-corrected chi connectivity index (χ2v) is 10.6. The normalized spacial score (nSPS) is 23.5. The third-order valence-electron chi connectivity index (χ3n) is 7.22. The zero-order valence-corrected chi connectivity index (χ0v) is 20.7. The topological polar surface area (TPSA) is 81.6 Å². The molecule has 33 heavy (non-hydrogen) atoms. The second-order valence-electron chi connectivity index (χ2n) is 9.67. The number of nitrogens with one attached hydrogen (secondary N) is 1. The van der Waals surface area contributed by atoms with Crippen LogP contribution in [0.4, 0.5) is 5.82 Å². The van der Waals surface area contributed by atoms with Crippen molar-refractivity contribution < 1.29 is 9.90 Å². The molecule has 176 valence electrons. The highest BCUT2D eigenvalue weighted by atomic mass is 79.9. The fraction of sp³-hybridized carbons (Fsp3) is 0.560. The van der Waals surface area contributed by atoms with E-state index < -0.39 is 6.10 Å². The number of anilines is 1. The maximum atomic E-state index is 13.6. The van der Waals surface area contributed by atoms with E-state index in [2.05, 4.69) is 55.2 Å². The summed E-state index contributed by atoms with van der Waals surface area (Å²) in [5.41, 5.74) is 2.90. The third-order valence-corrected chi connectivity index (χ3v) is 7.75. The summed E-state index contributed by atoms with van der Waals surface area (Å²) in [5, 5.41) is 13.9. The standard InChI is InChI=1S/C25H32BrN5O2/c1-16-12-21(32)23-22(16)24(29-15-28-23)30-8-10-31(11-9-30)25(33)20(14-27-13-17-2-3-17)18-4-6-19(26)7-5-18/h4-7,15-17,20-21,27,32H,2-3,8-14H2,1H3/t16-,20?,21-/m1/s1. The van der Waals surface area contributed by atoms with Crippen LogP contribution in [0.1, 0.15) is 60.9 Å². The lowest BCUT2D eigenvalue weighted by molar-refractivity contribution is -0.133. The number of aliphatic hydroxyl groups excluding tert-OH is 1. The predicted octanol–water partition coefficient (Wildman–Crippen LogP) is 3.21. The Kier molecular flexibility index (Phi) is 6.67. The summed E-state index contributed by atoms with van der Waals surface area (Å²) < 4.78 is 1.02. The lowest BCUT2D eigenvalue weighted by Crippen LogP contribution is -2.51. The van der Waals surface area contributed by atoms with Crippen LogP contribution in [0.25, 0.3) is 0 Å². The van der Waals surface area contributed by atoms with Gasteiger partial charge in [0.15, 0.2) is 0 Å². The van der Waals surface area contributed by atoms with Crippen LogP contribution in [0.15, 0.2) is 35.1 Å². The number of halogens is 1. The minimum atomic E-state index is -0.505. The number of carbonyl (C=O) groups is 1. The summed E-state index contributed by atoms with van der Waals surface area (Å²) in [6.45, 7) is 6.61. The molecule has 1 unspecified atom stereocenters. The number of carbonyl (C=O) groups excluding carboxylic acids is 1. The Hall–Kier alpha value is -2.03.